The number of thiol groups is 1. The van der Waals surface area contributed by atoms with Crippen LogP contribution in [-0.4, -0.2) is 14.4 Å². The third-order valence-corrected chi connectivity index (χ3v) is 3.57. The highest BCUT2D eigenvalue weighted by molar-refractivity contribution is 7.80. The van der Waals surface area contributed by atoms with Crippen molar-refractivity contribution < 1.29 is 0 Å². The first-order chi connectivity index (χ1) is 8.74. The molecule has 0 aliphatic heterocycles. The molecule has 1 aliphatic carbocycles. The minimum atomic E-state index is -0.175. The van der Waals surface area contributed by atoms with Crippen molar-refractivity contribution in [3.8, 4) is 11.3 Å². The molecule has 0 saturated carbocycles. The highest BCUT2D eigenvalue weighted by atomic mass is 32.1. The average Bonchev–Trinajstić information content (AvgIpc) is 2.91. The standard InChI is InChI=1S/C13H9N3OS/c17-13-12-14-10(18)6-16(12)9-5-7-3-1-2-4-8(7)11(9)15-13/h1-4,6,18H,5H2,(H,15,17). The third kappa shape index (κ3) is 1.17. The Hall–Kier alpha value is -2.01. The van der Waals surface area contributed by atoms with Crippen LogP contribution in [0.4, 0.5) is 0 Å². The van der Waals surface area contributed by atoms with Crippen LogP contribution in [0.15, 0.2) is 40.3 Å². The summed E-state index contributed by atoms with van der Waals surface area (Å²) in [4.78, 5) is 19.1. The molecule has 1 aliphatic rings. The summed E-state index contributed by atoms with van der Waals surface area (Å²) in [5, 5.41) is 0.560. The van der Waals surface area contributed by atoms with Crippen LogP contribution in [0.25, 0.3) is 16.9 Å². The maximum atomic E-state index is 12.0. The topological polar surface area (TPSA) is 50.2 Å². The third-order valence-electron chi connectivity index (χ3n) is 3.36. The molecule has 0 spiro atoms. The van der Waals surface area contributed by atoms with Crippen molar-refractivity contribution in [3.05, 3.63) is 52.1 Å². The molecule has 88 valence electrons. The summed E-state index contributed by atoms with van der Waals surface area (Å²) in [6.45, 7) is 0. The van der Waals surface area contributed by atoms with Crippen molar-refractivity contribution >= 4 is 18.3 Å². The van der Waals surface area contributed by atoms with Gasteiger partial charge in [-0.3, -0.25) is 9.20 Å². The van der Waals surface area contributed by atoms with Gasteiger partial charge in [-0.15, -0.1) is 12.6 Å². The van der Waals surface area contributed by atoms with E-state index < -0.39 is 0 Å². The highest BCUT2D eigenvalue weighted by Gasteiger charge is 2.22. The van der Waals surface area contributed by atoms with Gasteiger partial charge >= 0.3 is 0 Å². The van der Waals surface area contributed by atoms with Gasteiger partial charge < -0.3 is 4.98 Å². The normalized spacial score (nSPS) is 12.7. The van der Waals surface area contributed by atoms with Crippen molar-refractivity contribution in [1.29, 1.82) is 0 Å². The number of imidazole rings is 1. The first kappa shape index (κ1) is 9.96. The van der Waals surface area contributed by atoms with Crippen LogP contribution in [0.2, 0.25) is 0 Å². The van der Waals surface area contributed by atoms with Gasteiger partial charge in [0.1, 0.15) is 5.03 Å². The second-order valence-electron chi connectivity index (χ2n) is 4.40. The fourth-order valence-electron chi connectivity index (χ4n) is 2.59. The van der Waals surface area contributed by atoms with Crippen molar-refractivity contribution in [2.45, 2.75) is 11.4 Å². The van der Waals surface area contributed by atoms with Crippen LogP contribution in [0.3, 0.4) is 0 Å². The number of benzene rings is 1. The van der Waals surface area contributed by atoms with Crippen molar-refractivity contribution in [2.75, 3.05) is 0 Å². The molecule has 5 heteroatoms. The molecule has 0 saturated heterocycles. The molecule has 0 fully saturated rings. The van der Waals surface area contributed by atoms with Gasteiger partial charge in [0.05, 0.1) is 11.4 Å². The van der Waals surface area contributed by atoms with E-state index in [9.17, 15) is 4.79 Å². The first-order valence-electron chi connectivity index (χ1n) is 5.65. The maximum Gasteiger partial charge on any atom is 0.292 e. The number of nitrogens with one attached hydrogen (secondary N) is 1. The zero-order valence-electron chi connectivity index (χ0n) is 9.34. The van der Waals surface area contributed by atoms with Gasteiger partial charge in [0.25, 0.3) is 5.56 Å². The number of H-pyrrole nitrogens is 1. The van der Waals surface area contributed by atoms with Gasteiger partial charge in [-0.2, -0.15) is 0 Å². The van der Waals surface area contributed by atoms with Gasteiger partial charge in [-0.05, 0) is 5.56 Å². The molecule has 4 nitrogen and oxygen atoms in total. The van der Waals surface area contributed by atoms with Crippen molar-refractivity contribution in [2.24, 2.45) is 0 Å². The molecule has 0 radical (unpaired) electrons. The molecule has 2 aromatic heterocycles. The lowest BCUT2D eigenvalue weighted by atomic mass is 10.1. The molecule has 0 atom stereocenters. The minimum Gasteiger partial charge on any atom is -0.317 e. The predicted molar refractivity (Wildman–Crippen MR) is 71.3 cm³/mol. The molecule has 0 bridgehead atoms. The number of aromatic amines is 1. The van der Waals surface area contributed by atoms with Crippen LogP contribution in [0.5, 0.6) is 0 Å². The Labute approximate surface area is 108 Å². The SMILES string of the molecule is O=c1[nH]c2c(n3cc(S)nc13)Cc1ccccc1-2. The monoisotopic (exact) mass is 255 g/mol. The Morgan fingerprint density at radius 1 is 1.33 bits per heavy atom. The zero-order chi connectivity index (χ0) is 12.3. The summed E-state index contributed by atoms with van der Waals surface area (Å²) in [7, 11) is 0. The maximum absolute atomic E-state index is 12.0. The Kier molecular flexibility index (Phi) is 1.81. The second kappa shape index (κ2) is 3.26. The lowest BCUT2D eigenvalue weighted by Crippen LogP contribution is -2.13. The van der Waals surface area contributed by atoms with Gasteiger partial charge in [0, 0.05) is 18.2 Å². The fraction of sp³-hybridized carbons (Fsp3) is 0.0769. The summed E-state index contributed by atoms with van der Waals surface area (Å²) < 4.78 is 1.84. The highest BCUT2D eigenvalue weighted by Crippen LogP contribution is 2.34. The van der Waals surface area contributed by atoms with Crippen LogP contribution >= 0.6 is 12.6 Å². The van der Waals surface area contributed by atoms with Gasteiger partial charge in [-0.1, -0.05) is 24.3 Å². The first-order valence-corrected chi connectivity index (χ1v) is 6.10. The van der Waals surface area contributed by atoms with E-state index in [0.717, 1.165) is 23.4 Å². The predicted octanol–water partition coefficient (Wildman–Crippen LogP) is 1.88. The van der Waals surface area contributed by atoms with Gasteiger partial charge in [0.15, 0.2) is 0 Å². The van der Waals surface area contributed by atoms with E-state index in [4.69, 9.17) is 0 Å². The summed E-state index contributed by atoms with van der Waals surface area (Å²) in [6.07, 6.45) is 2.60. The molecule has 2 heterocycles. The van der Waals surface area contributed by atoms with Crippen molar-refractivity contribution in [1.82, 2.24) is 14.4 Å². The Morgan fingerprint density at radius 2 is 2.17 bits per heavy atom. The largest absolute Gasteiger partial charge is 0.317 e. The van der Waals surface area contributed by atoms with Crippen LogP contribution in [0.1, 0.15) is 11.3 Å². The van der Waals surface area contributed by atoms with Crippen LogP contribution in [-0.2, 0) is 6.42 Å². The lowest BCUT2D eigenvalue weighted by Gasteiger charge is -2.02. The van der Waals surface area contributed by atoms with E-state index in [2.05, 4.69) is 28.7 Å². The van der Waals surface area contributed by atoms with E-state index in [0.29, 0.717) is 10.7 Å². The number of rotatable bonds is 0. The number of aromatic nitrogens is 3. The van der Waals surface area contributed by atoms with E-state index in [1.54, 1.807) is 6.20 Å². The number of nitrogens with zero attached hydrogens (tertiary/aromatic N) is 2. The Bertz CT molecular complexity index is 847. The van der Waals surface area contributed by atoms with E-state index in [-0.39, 0.29) is 5.56 Å². The summed E-state index contributed by atoms with van der Waals surface area (Å²) >= 11 is 4.21. The summed E-state index contributed by atoms with van der Waals surface area (Å²) in [5.41, 5.74) is 4.52. The molecule has 3 aromatic rings. The van der Waals surface area contributed by atoms with Crippen LogP contribution in [0, 0.1) is 0 Å². The van der Waals surface area contributed by atoms with E-state index >= 15 is 0 Å². The van der Waals surface area contributed by atoms with Gasteiger partial charge in [0.2, 0.25) is 5.65 Å². The number of fused-ring (bicyclic) bond motifs is 5. The smallest absolute Gasteiger partial charge is 0.292 e. The fourth-order valence-corrected chi connectivity index (χ4v) is 2.80. The van der Waals surface area contributed by atoms with Crippen LogP contribution < -0.4 is 5.56 Å². The molecular formula is C13H9N3OS. The second-order valence-corrected chi connectivity index (χ2v) is 4.86. The summed E-state index contributed by atoms with van der Waals surface area (Å²) in [5.74, 6) is 0. The van der Waals surface area contributed by atoms with E-state index in [1.807, 2.05) is 22.6 Å². The number of hydrogen-bond donors (Lipinski definition) is 2. The average molecular weight is 255 g/mol. The Balaban J connectivity index is 2.17. The molecular weight excluding hydrogens is 246 g/mol. The molecule has 0 unspecified atom stereocenters. The molecule has 18 heavy (non-hydrogen) atoms. The van der Waals surface area contributed by atoms with E-state index in [1.165, 1.54) is 5.56 Å². The molecule has 4 rings (SSSR count). The molecule has 1 N–H and O–H groups in total. The minimum absolute atomic E-state index is 0.175. The lowest BCUT2D eigenvalue weighted by molar-refractivity contribution is 1.00. The van der Waals surface area contributed by atoms with Gasteiger partial charge in [-0.25, -0.2) is 4.98 Å². The molecule has 0 amide bonds. The quantitative estimate of drug-likeness (QED) is 0.471. The summed E-state index contributed by atoms with van der Waals surface area (Å²) in [6, 6.07) is 8.10. The number of hydrogen-bond acceptors (Lipinski definition) is 3. The van der Waals surface area contributed by atoms with Crippen molar-refractivity contribution in [3.63, 3.8) is 0 Å². The zero-order valence-corrected chi connectivity index (χ0v) is 10.2. The Morgan fingerprint density at radius 3 is 3.06 bits per heavy atom. The molecule has 1 aromatic carbocycles.